The van der Waals surface area contributed by atoms with E-state index in [2.05, 4.69) is 54.0 Å². The molecule has 1 atom stereocenters. The second-order valence-corrected chi connectivity index (χ2v) is 6.23. The highest BCUT2D eigenvalue weighted by atomic mass is 79.9. The quantitative estimate of drug-likeness (QED) is 0.926. The molecule has 0 aliphatic carbocycles. The summed E-state index contributed by atoms with van der Waals surface area (Å²) in [6.45, 7) is 11.8. The molecule has 0 bridgehead atoms. The van der Waals surface area contributed by atoms with Crippen LogP contribution in [0.5, 0.6) is 0 Å². The zero-order valence-corrected chi connectivity index (χ0v) is 12.6. The lowest BCUT2D eigenvalue weighted by Gasteiger charge is -2.28. The zero-order chi connectivity index (χ0) is 12.5. The van der Waals surface area contributed by atoms with Crippen LogP contribution in [0, 0.1) is 12.3 Å². The second-order valence-electron chi connectivity index (χ2n) is 5.44. The number of halogens is 1. The molecule has 3 nitrogen and oxygen atoms in total. The summed E-state index contributed by atoms with van der Waals surface area (Å²) in [5.41, 5.74) is 2.52. The number of aryl methyl sites for hydroxylation is 2. The van der Waals surface area contributed by atoms with Crippen LogP contribution in [0.4, 0.5) is 0 Å². The van der Waals surface area contributed by atoms with Gasteiger partial charge in [-0.25, -0.2) is 0 Å². The van der Waals surface area contributed by atoms with Crippen molar-refractivity contribution < 1.29 is 0 Å². The molecule has 0 aliphatic heterocycles. The number of rotatable bonds is 3. The average Bonchev–Trinajstić information content (AvgIpc) is 2.37. The summed E-state index contributed by atoms with van der Waals surface area (Å²) < 4.78 is 3.05. The molecule has 0 saturated heterocycles. The molecule has 16 heavy (non-hydrogen) atoms. The van der Waals surface area contributed by atoms with E-state index in [-0.39, 0.29) is 5.41 Å². The number of aromatic nitrogens is 2. The first-order valence-corrected chi connectivity index (χ1v) is 6.44. The van der Waals surface area contributed by atoms with E-state index in [0.717, 1.165) is 16.7 Å². The number of hydrogen-bond donors (Lipinski definition) is 1. The third-order valence-corrected chi connectivity index (χ3v) is 4.17. The minimum atomic E-state index is 0.278. The van der Waals surface area contributed by atoms with Crippen LogP contribution in [0.1, 0.15) is 39.1 Å². The van der Waals surface area contributed by atoms with E-state index in [4.69, 9.17) is 0 Å². The summed E-state index contributed by atoms with van der Waals surface area (Å²) in [5.74, 6) is 0. The topological polar surface area (TPSA) is 29.9 Å². The monoisotopic (exact) mass is 287 g/mol. The van der Waals surface area contributed by atoms with Gasteiger partial charge in [-0.15, -0.1) is 0 Å². The Balaban J connectivity index is 2.68. The highest BCUT2D eigenvalue weighted by Crippen LogP contribution is 2.22. The van der Waals surface area contributed by atoms with Crippen molar-refractivity contribution in [2.45, 2.75) is 47.2 Å². The normalized spacial score (nSPS) is 14.2. The van der Waals surface area contributed by atoms with E-state index in [1.165, 1.54) is 5.69 Å². The number of hydrogen-bond acceptors (Lipinski definition) is 2. The van der Waals surface area contributed by atoms with Crippen LogP contribution in [0.25, 0.3) is 0 Å². The first-order chi connectivity index (χ1) is 7.23. The van der Waals surface area contributed by atoms with E-state index in [1.807, 2.05) is 18.7 Å². The summed E-state index contributed by atoms with van der Waals surface area (Å²) >= 11 is 3.58. The van der Waals surface area contributed by atoms with Crippen molar-refractivity contribution in [2.24, 2.45) is 12.5 Å². The lowest BCUT2D eigenvalue weighted by Crippen LogP contribution is -2.37. The lowest BCUT2D eigenvalue weighted by atomic mass is 9.88. The smallest absolute Gasteiger partial charge is 0.0739 e. The Kier molecular flexibility index (Phi) is 4.18. The first-order valence-electron chi connectivity index (χ1n) is 5.65. The standard InChI is InChI=1S/C12H22BrN3/c1-8-11(13)10(16(6)15-8)7-14-9(2)12(3,4)5/h9,14H,7H2,1-6H3. The molecule has 1 unspecified atom stereocenters. The summed E-state index contributed by atoms with van der Waals surface area (Å²) in [4.78, 5) is 0. The highest BCUT2D eigenvalue weighted by molar-refractivity contribution is 9.10. The molecule has 1 aromatic rings. The fraction of sp³-hybridized carbons (Fsp3) is 0.750. The fourth-order valence-corrected chi connectivity index (χ4v) is 1.90. The van der Waals surface area contributed by atoms with Gasteiger partial charge in [-0.3, -0.25) is 4.68 Å². The maximum absolute atomic E-state index is 4.38. The van der Waals surface area contributed by atoms with Crippen molar-refractivity contribution in [3.63, 3.8) is 0 Å². The summed E-state index contributed by atoms with van der Waals surface area (Å²) in [6.07, 6.45) is 0. The molecule has 1 rings (SSSR count). The Labute approximate surface area is 107 Å². The molecule has 0 radical (unpaired) electrons. The van der Waals surface area contributed by atoms with E-state index in [9.17, 15) is 0 Å². The van der Waals surface area contributed by atoms with Gasteiger partial charge in [0.2, 0.25) is 0 Å². The molecule has 0 saturated carbocycles. The van der Waals surface area contributed by atoms with Gasteiger partial charge in [-0.1, -0.05) is 20.8 Å². The molecular formula is C12H22BrN3. The Morgan fingerprint density at radius 3 is 2.38 bits per heavy atom. The Hall–Kier alpha value is -0.350. The first kappa shape index (κ1) is 13.7. The Morgan fingerprint density at radius 1 is 1.44 bits per heavy atom. The predicted molar refractivity (Wildman–Crippen MR) is 71.4 cm³/mol. The maximum atomic E-state index is 4.38. The van der Waals surface area contributed by atoms with Crippen LogP contribution in [-0.2, 0) is 13.6 Å². The van der Waals surface area contributed by atoms with Crippen LogP contribution < -0.4 is 5.32 Å². The average molecular weight is 288 g/mol. The molecule has 0 aliphatic rings. The third kappa shape index (κ3) is 3.08. The van der Waals surface area contributed by atoms with Crippen molar-refractivity contribution in [3.8, 4) is 0 Å². The Bertz CT molecular complexity index is 363. The van der Waals surface area contributed by atoms with Gasteiger partial charge >= 0.3 is 0 Å². The van der Waals surface area contributed by atoms with Crippen molar-refractivity contribution >= 4 is 15.9 Å². The molecule has 0 aromatic carbocycles. The van der Waals surface area contributed by atoms with Crippen molar-refractivity contribution in [1.29, 1.82) is 0 Å². The van der Waals surface area contributed by atoms with Gasteiger partial charge in [0.25, 0.3) is 0 Å². The summed E-state index contributed by atoms with van der Waals surface area (Å²) in [6, 6.07) is 0.467. The van der Waals surface area contributed by atoms with Gasteiger partial charge in [0.05, 0.1) is 15.9 Å². The van der Waals surface area contributed by atoms with Gasteiger partial charge < -0.3 is 5.32 Å². The van der Waals surface area contributed by atoms with Crippen LogP contribution in [-0.4, -0.2) is 15.8 Å². The molecule has 92 valence electrons. The van der Waals surface area contributed by atoms with Crippen molar-refractivity contribution in [2.75, 3.05) is 0 Å². The minimum Gasteiger partial charge on any atom is -0.308 e. The summed E-state index contributed by atoms with van der Waals surface area (Å²) in [7, 11) is 1.98. The van der Waals surface area contributed by atoms with Crippen LogP contribution in [0.2, 0.25) is 0 Å². The third-order valence-electron chi connectivity index (χ3n) is 3.14. The molecule has 1 heterocycles. The minimum absolute atomic E-state index is 0.278. The van der Waals surface area contributed by atoms with Gasteiger partial charge in [0, 0.05) is 19.6 Å². The molecule has 0 spiro atoms. The maximum Gasteiger partial charge on any atom is 0.0739 e. The van der Waals surface area contributed by atoms with E-state index in [1.54, 1.807) is 0 Å². The molecule has 1 N–H and O–H groups in total. The second kappa shape index (κ2) is 4.88. The molecule has 4 heteroatoms. The molecular weight excluding hydrogens is 266 g/mol. The van der Waals surface area contributed by atoms with Crippen LogP contribution in [0.15, 0.2) is 4.47 Å². The zero-order valence-electron chi connectivity index (χ0n) is 11.1. The van der Waals surface area contributed by atoms with E-state index < -0.39 is 0 Å². The van der Waals surface area contributed by atoms with Crippen LogP contribution in [0.3, 0.4) is 0 Å². The van der Waals surface area contributed by atoms with E-state index >= 15 is 0 Å². The number of nitrogens with one attached hydrogen (secondary N) is 1. The van der Waals surface area contributed by atoms with E-state index in [0.29, 0.717) is 6.04 Å². The predicted octanol–water partition coefficient (Wildman–Crippen LogP) is 3.02. The van der Waals surface area contributed by atoms with Gasteiger partial charge in [0.1, 0.15) is 0 Å². The van der Waals surface area contributed by atoms with Gasteiger partial charge in [0.15, 0.2) is 0 Å². The van der Waals surface area contributed by atoms with Gasteiger partial charge in [-0.2, -0.15) is 5.10 Å². The van der Waals surface area contributed by atoms with Crippen LogP contribution >= 0.6 is 15.9 Å². The van der Waals surface area contributed by atoms with Crippen molar-refractivity contribution in [1.82, 2.24) is 15.1 Å². The molecule has 0 fully saturated rings. The molecule has 0 amide bonds. The largest absolute Gasteiger partial charge is 0.308 e. The Morgan fingerprint density at radius 2 is 2.00 bits per heavy atom. The molecule has 1 aromatic heterocycles. The van der Waals surface area contributed by atoms with Gasteiger partial charge in [-0.05, 0) is 35.2 Å². The van der Waals surface area contributed by atoms with Crippen molar-refractivity contribution in [3.05, 3.63) is 15.9 Å². The summed E-state index contributed by atoms with van der Waals surface area (Å²) in [5, 5.41) is 7.92. The SMILES string of the molecule is Cc1nn(C)c(CNC(C)C(C)(C)C)c1Br. The fourth-order valence-electron chi connectivity index (χ4n) is 1.43. The highest BCUT2D eigenvalue weighted by Gasteiger charge is 2.20. The lowest BCUT2D eigenvalue weighted by molar-refractivity contribution is 0.283. The number of nitrogens with zero attached hydrogens (tertiary/aromatic N) is 2.